The first-order valence-electron chi connectivity index (χ1n) is 11.3. The van der Waals surface area contributed by atoms with Crippen LogP contribution in [0.4, 0.5) is 11.4 Å². The number of thiocarbonyl (C=S) groups is 1. The van der Waals surface area contributed by atoms with Gasteiger partial charge in [0, 0.05) is 23.5 Å². The molecule has 0 aromatic heterocycles. The van der Waals surface area contributed by atoms with Crippen molar-refractivity contribution >= 4 is 41.1 Å². The zero-order valence-corrected chi connectivity index (χ0v) is 21.4. The summed E-state index contributed by atoms with van der Waals surface area (Å²) in [5, 5.41) is 7.06. The second-order valence-corrected chi connectivity index (χ2v) is 7.91. The number of hydrogen-bond acceptors (Lipinski definition) is 4. The van der Waals surface area contributed by atoms with Gasteiger partial charge in [-0.15, -0.1) is 12.4 Å². The van der Waals surface area contributed by atoms with Gasteiger partial charge in [-0.25, -0.2) is 0 Å². The van der Waals surface area contributed by atoms with E-state index in [0.29, 0.717) is 5.11 Å². The molecule has 5 nitrogen and oxygen atoms in total. The van der Waals surface area contributed by atoms with E-state index in [0.717, 1.165) is 61.1 Å². The number of nitrogens with one attached hydrogen (secondary N) is 2. The van der Waals surface area contributed by atoms with Crippen LogP contribution in [0.3, 0.4) is 0 Å². The summed E-state index contributed by atoms with van der Waals surface area (Å²) >= 11 is 5.50. The lowest BCUT2D eigenvalue weighted by Gasteiger charge is -2.20. The Morgan fingerprint density at radius 2 is 1.56 bits per heavy atom. The van der Waals surface area contributed by atoms with E-state index in [2.05, 4.69) is 42.4 Å². The van der Waals surface area contributed by atoms with Crippen LogP contribution in [0.25, 0.3) is 0 Å². The molecule has 0 saturated carbocycles. The Morgan fingerprint density at radius 3 is 2.19 bits per heavy atom. The lowest BCUT2D eigenvalue weighted by molar-refractivity contribution is 0.289. The molecule has 0 spiro atoms. The van der Waals surface area contributed by atoms with Gasteiger partial charge in [-0.3, -0.25) is 4.90 Å². The van der Waals surface area contributed by atoms with E-state index in [-0.39, 0.29) is 12.4 Å². The third kappa shape index (κ3) is 9.63. The molecule has 2 aromatic carbocycles. The highest BCUT2D eigenvalue weighted by atomic mass is 35.5. The minimum Gasteiger partial charge on any atom is -0.496 e. The summed E-state index contributed by atoms with van der Waals surface area (Å²) in [4.78, 5) is 2.35. The molecule has 0 fully saturated rings. The van der Waals surface area contributed by atoms with E-state index in [9.17, 15) is 0 Å². The van der Waals surface area contributed by atoms with Crippen molar-refractivity contribution < 1.29 is 9.47 Å². The van der Waals surface area contributed by atoms with Gasteiger partial charge in [0.2, 0.25) is 0 Å². The Hall–Kier alpha value is -2.02. The SMILES string of the molecule is CCCCCCOc1ccc(NC(=S)Nc2ccc(OC)c(CN(CC)CC)c2)cc1.Cl. The van der Waals surface area contributed by atoms with Crippen molar-refractivity contribution in [1.29, 1.82) is 0 Å². The Morgan fingerprint density at radius 1 is 0.906 bits per heavy atom. The molecule has 0 aliphatic heterocycles. The van der Waals surface area contributed by atoms with Gasteiger partial charge >= 0.3 is 0 Å². The highest BCUT2D eigenvalue weighted by molar-refractivity contribution is 7.80. The molecule has 0 aliphatic carbocycles. The number of methoxy groups -OCH3 is 1. The number of anilines is 2. The topological polar surface area (TPSA) is 45.8 Å². The highest BCUT2D eigenvalue weighted by Crippen LogP contribution is 2.24. The van der Waals surface area contributed by atoms with Gasteiger partial charge in [-0.1, -0.05) is 40.0 Å². The Labute approximate surface area is 205 Å². The van der Waals surface area contributed by atoms with E-state index in [1.54, 1.807) is 7.11 Å². The molecule has 178 valence electrons. The third-order valence-electron chi connectivity index (χ3n) is 5.21. The zero-order chi connectivity index (χ0) is 22.5. The number of unbranched alkanes of at least 4 members (excludes halogenated alkanes) is 3. The maximum atomic E-state index is 5.80. The Bertz CT molecular complexity index is 798. The van der Waals surface area contributed by atoms with Crippen molar-refractivity contribution in [3.8, 4) is 11.5 Å². The molecule has 0 saturated heterocycles. The summed E-state index contributed by atoms with van der Waals surface area (Å²) in [5.74, 6) is 1.78. The summed E-state index contributed by atoms with van der Waals surface area (Å²) in [7, 11) is 1.71. The Kier molecular flexibility index (Phi) is 13.8. The van der Waals surface area contributed by atoms with Crippen LogP contribution >= 0.6 is 24.6 Å². The van der Waals surface area contributed by atoms with Crippen molar-refractivity contribution in [2.45, 2.75) is 53.0 Å². The molecular formula is C25H38ClN3O2S. The van der Waals surface area contributed by atoms with Gasteiger partial charge in [0.15, 0.2) is 5.11 Å². The second-order valence-electron chi connectivity index (χ2n) is 7.50. The molecular weight excluding hydrogens is 442 g/mol. The van der Waals surface area contributed by atoms with Gasteiger partial charge < -0.3 is 20.1 Å². The lowest BCUT2D eigenvalue weighted by Crippen LogP contribution is -2.23. The van der Waals surface area contributed by atoms with Crippen LogP contribution < -0.4 is 20.1 Å². The lowest BCUT2D eigenvalue weighted by atomic mass is 10.1. The second kappa shape index (κ2) is 15.7. The largest absolute Gasteiger partial charge is 0.496 e. The van der Waals surface area contributed by atoms with Gasteiger partial charge in [-0.2, -0.15) is 0 Å². The van der Waals surface area contributed by atoms with E-state index in [1.807, 2.05) is 36.4 Å². The van der Waals surface area contributed by atoms with Crippen LogP contribution in [-0.2, 0) is 6.54 Å². The Balaban J connectivity index is 0.00000512. The average molecular weight is 480 g/mol. The summed E-state index contributed by atoms with van der Waals surface area (Å²) in [6.07, 6.45) is 4.82. The molecule has 0 radical (unpaired) electrons. The minimum absolute atomic E-state index is 0. The number of nitrogens with zero attached hydrogens (tertiary/aromatic N) is 1. The first-order valence-corrected chi connectivity index (χ1v) is 11.7. The number of halogens is 1. The average Bonchev–Trinajstić information content (AvgIpc) is 2.78. The number of benzene rings is 2. The van der Waals surface area contributed by atoms with Crippen LogP contribution in [0.15, 0.2) is 42.5 Å². The molecule has 7 heteroatoms. The molecule has 0 aliphatic rings. The summed E-state index contributed by atoms with van der Waals surface area (Å²) < 4.78 is 11.3. The summed E-state index contributed by atoms with van der Waals surface area (Å²) in [6.45, 7) is 10.1. The van der Waals surface area contributed by atoms with Gasteiger partial charge in [0.05, 0.1) is 13.7 Å². The molecule has 0 bridgehead atoms. The fourth-order valence-corrected chi connectivity index (χ4v) is 3.55. The molecule has 0 atom stereocenters. The van der Waals surface area contributed by atoms with Gasteiger partial charge in [0.25, 0.3) is 0 Å². The molecule has 0 amide bonds. The van der Waals surface area contributed by atoms with Gasteiger partial charge in [-0.05, 0) is 74.2 Å². The number of ether oxygens (including phenoxy) is 2. The van der Waals surface area contributed by atoms with Crippen LogP contribution in [0.2, 0.25) is 0 Å². The smallest absolute Gasteiger partial charge is 0.175 e. The third-order valence-corrected chi connectivity index (χ3v) is 5.41. The zero-order valence-electron chi connectivity index (χ0n) is 19.8. The van der Waals surface area contributed by atoms with E-state index in [1.165, 1.54) is 19.3 Å². The highest BCUT2D eigenvalue weighted by Gasteiger charge is 2.09. The van der Waals surface area contributed by atoms with E-state index < -0.39 is 0 Å². The molecule has 0 unspecified atom stereocenters. The van der Waals surface area contributed by atoms with Crippen molar-refractivity contribution in [3.63, 3.8) is 0 Å². The maximum absolute atomic E-state index is 5.80. The van der Waals surface area contributed by atoms with Crippen LogP contribution in [-0.4, -0.2) is 36.8 Å². The van der Waals surface area contributed by atoms with Crippen molar-refractivity contribution in [1.82, 2.24) is 4.90 Å². The first-order chi connectivity index (χ1) is 15.1. The maximum Gasteiger partial charge on any atom is 0.175 e. The van der Waals surface area contributed by atoms with Crippen LogP contribution in [0.5, 0.6) is 11.5 Å². The quantitative estimate of drug-likeness (QED) is 0.245. The molecule has 2 aromatic rings. The standard InChI is InChI=1S/C25H37N3O2S.ClH/c1-5-8-9-10-17-30-23-14-11-21(12-15-23)26-25(31)27-22-13-16-24(29-4)20(18-22)19-28(6-2)7-3;/h11-16,18H,5-10,17,19H2,1-4H3,(H2,26,27,31);1H. The first kappa shape index (κ1) is 28.0. The van der Waals surface area contributed by atoms with Crippen LogP contribution in [0.1, 0.15) is 52.0 Å². The fourth-order valence-electron chi connectivity index (χ4n) is 3.31. The number of rotatable bonds is 13. The van der Waals surface area contributed by atoms with E-state index in [4.69, 9.17) is 21.7 Å². The molecule has 2 rings (SSSR count). The van der Waals surface area contributed by atoms with E-state index >= 15 is 0 Å². The summed E-state index contributed by atoms with van der Waals surface area (Å²) in [5.41, 5.74) is 3.00. The predicted octanol–water partition coefficient (Wildman–Crippen LogP) is 6.73. The number of hydrogen-bond donors (Lipinski definition) is 2. The van der Waals surface area contributed by atoms with Crippen LogP contribution in [0, 0.1) is 0 Å². The fraction of sp³-hybridized carbons (Fsp3) is 0.480. The predicted molar refractivity (Wildman–Crippen MR) is 143 cm³/mol. The molecule has 0 heterocycles. The van der Waals surface area contributed by atoms with Crippen molar-refractivity contribution in [2.24, 2.45) is 0 Å². The molecule has 2 N–H and O–H groups in total. The van der Waals surface area contributed by atoms with Crippen molar-refractivity contribution in [2.75, 3.05) is 37.4 Å². The molecule has 32 heavy (non-hydrogen) atoms. The normalized spacial score (nSPS) is 10.4. The monoisotopic (exact) mass is 479 g/mol. The summed E-state index contributed by atoms with van der Waals surface area (Å²) in [6, 6.07) is 14.0. The minimum atomic E-state index is 0. The van der Waals surface area contributed by atoms with Crippen molar-refractivity contribution in [3.05, 3.63) is 48.0 Å². The van der Waals surface area contributed by atoms with Gasteiger partial charge in [0.1, 0.15) is 11.5 Å².